The molecule has 140 valence electrons. The first-order valence-corrected chi connectivity index (χ1v) is 8.30. The number of nitrogens with one attached hydrogen (secondary N) is 2. The van der Waals surface area contributed by atoms with E-state index in [4.69, 9.17) is 0 Å². The molecule has 0 atom stereocenters. The highest BCUT2D eigenvalue weighted by Gasteiger charge is 2.21. The van der Waals surface area contributed by atoms with Crippen LogP contribution in [0.15, 0.2) is 54.6 Å². The van der Waals surface area contributed by atoms with Gasteiger partial charge in [-0.15, -0.1) is 0 Å². The van der Waals surface area contributed by atoms with Crippen molar-refractivity contribution in [2.24, 2.45) is 5.41 Å². The monoisotopic (exact) mass is 367 g/mol. The highest BCUT2D eigenvalue weighted by molar-refractivity contribution is 6.02. The van der Waals surface area contributed by atoms with Crippen molar-refractivity contribution >= 4 is 35.0 Å². The smallest absolute Gasteiger partial charge is 0.269 e. The van der Waals surface area contributed by atoms with E-state index in [0.717, 1.165) is 0 Å². The van der Waals surface area contributed by atoms with Crippen LogP contribution < -0.4 is 10.6 Å². The van der Waals surface area contributed by atoms with Gasteiger partial charge in [0.05, 0.1) is 4.92 Å². The van der Waals surface area contributed by atoms with Crippen LogP contribution in [-0.4, -0.2) is 16.7 Å². The number of non-ortho nitro benzene ring substituents is 1. The predicted molar refractivity (Wildman–Crippen MR) is 105 cm³/mol. The molecule has 0 radical (unpaired) electrons. The highest BCUT2D eigenvalue weighted by Crippen LogP contribution is 2.20. The number of rotatable bonds is 5. The summed E-state index contributed by atoms with van der Waals surface area (Å²) in [5, 5.41) is 16.1. The second-order valence-corrected chi connectivity index (χ2v) is 6.96. The molecule has 7 nitrogen and oxygen atoms in total. The van der Waals surface area contributed by atoms with Crippen LogP contribution in [0.4, 0.5) is 17.1 Å². The van der Waals surface area contributed by atoms with E-state index in [-0.39, 0.29) is 17.5 Å². The van der Waals surface area contributed by atoms with Crippen molar-refractivity contribution in [3.8, 4) is 0 Å². The summed E-state index contributed by atoms with van der Waals surface area (Å²) in [7, 11) is 0. The van der Waals surface area contributed by atoms with Crippen LogP contribution in [0.3, 0.4) is 0 Å². The summed E-state index contributed by atoms with van der Waals surface area (Å²) in [5.74, 6) is -0.475. The zero-order valence-electron chi connectivity index (χ0n) is 15.4. The quantitative estimate of drug-likeness (QED) is 0.469. The number of hydrogen-bond acceptors (Lipinski definition) is 4. The van der Waals surface area contributed by atoms with Crippen molar-refractivity contribution in [3.63, 3.8) is 0 Å². The molecule has 2 N–H and O–H groups in total. The fourth-order valence-corrected chi connectivity index (χ4v) is 2.06. The molecule has 0 bridgehead atoms. The fraction of sp³-hybridized carbons (Fsp3) is 0.200. The molecule has 0 aliphatic carbocycles. The largest absolute Gasteiger partial charge is 0.326 e. The number of benzene rings is 2. The SMILES string of the molecule is CC(C)(C)C(=O)Nc1cccc(NC(=O)/C=C/c2ccc([N+](=O)[O-])cc2)c1. The van der Waals surface area contributed by atoms with Crippen molar-refractivity contribution < 1.29 is 14.5 Å². The first-order chi connectivity index (χ1) is 12.6. The third-order valence-electron chi connectivity index (χ3n) is 3.60. The number of carbonyl (C=O) groups is 2. The molecule has 2 aromatic carbocycles. The summed E-state index contributed by atoms with van der Waals surface area (Å²) >= 11 is 0. The molecular weight excluding hydrogens is 346 g/mol. The van der Waals surface area contributed by atoms with Crippen molar-refractivity contribution in [1.82, 2.24) is 0 Å². The van der Waals surface area contributed by atoms with E-state index in [9.17, 15) is 19.7 Å². The zero-order valence-corrected chi connectivity index (χ0v) is 15.4. The Morgan fingerprint density at radius 1 is 1.00 bits per heavy atom. The molecule has 27 heavy (non-hydrogen) atoms. The molecule has 2 amide bonds. The Morgan fingerprint density at radius 2 is 1.59 bits per heavy atom. The summed E-state index contributed by atoms with van der Waals surface area (Å²) < 4.78 is 0. The van der Waals surface area contributed by atoms with Gasteiger partial charge in [-0.25, -0.2) is 0 Å². The summed E-state index contributed by atoms with van der Waals surface area (Å²) in [5.41, 5.74) is 1.27. The minimum atomic E-state index is -0.521. The van der Waals surface area contributed by atoms with Crippen molar-refractivity contribution in [3.05, 3.63) is 70.3 Å². The van der Waals surface area contributed by atoms with Gasteiger partial charge in [0, 0.05) is 35.0 Å². The molecule has 0 fully saturated rings. The van der Waals surface area contributed by atoms with E-state index in [1.54, 1.807) is 42.5 Å². The molecule has 0 saturated heterocycles. The molecule has 0 unspecified atom stereocenters. The lowest BCUT2D eigenvalue weighted by Gasteiger charge is -2.18. The number of nitro groups is 1. The minimum absolute atomic E-state index is 0.00859. The lowest BCUT2D eigenvalue weighted by atomic mass is 9.95. The van der Waals surface area contributed by atoms with Gasteiger partial charge in [-0.3, -0.25) is 19.7 Å². The van der Waals surface area contributed by atoms with Gasteiger partial charge >= 0.3 is 0 Å². The van der Waals surface area contributed by atoms with Gasteiger partial charge in [0.25, 0.3) is 5.69 Å². The number of carbonyl (C=O) groups excluding carboxylic acids is 2. The van der Waals surface area contributed by atoms with Crippen molar-refractivity contribution in [1.29, 1.82) is 0 Å². The Hall–Kier alpha value is -3.48. The van der Waals surface area contributed by atoms with Gasteiger partial charge in [0.1, 0.15) is 0 Å². The Kier molecular flexibility index (Phi) is 6.07. The van der Waals surface area contributed by atoms with Crippen LogP contribution in [0.5, 0.6) is 0 Å². The lowest BCUT2D eigenvalue weighted by Crippen LogP contribution is -2.27. The van der Waals surface area contributed by atoms with E-state index >= 15 is 0 Å². The molecule has 0 aromatic heterocycles. The normalized spacial score (nSPS) is 11.2. The molecule has 7 heteroatoms. The van der Waals surface area contributed by atoms with E-state index in [1.165, 1.54) is 18.2 Å². The van der Waals surface area contributed by atoms with Crippen molar-refractivity contribution in [2.45, 2.75) is 20.8 Å². The molecule has 0 spiro atoms. The predicted octanol–water partition coefficient (Wildman–Crippen LogP) is 4.23. The number of anilines is 2. The highest BCUT2D eigenvalue weighted by atomic mass is 16.6. The van der Waals surface area contributed by atoms with E-state index < -0.39 is 10.3 Å². The van der Waals surface area contributed by atoms with E-state index in [0.29, 0.717) is 16.9 Å². The molecule has 0 aliphatic heterocycles. The summed E-state index contributed by atoms with van der Waals surface area (Å²) in [6, 6.07) is 12.7. The number of amides is 2. The molecular formula is C20H21N3O4. The molecule has 2 rings (SSSR count). The van der Waals surface area contributed by atoms with Gasteiger partial charge in [0.15, 0.2) is 0 Å². The first-order valence-electron chi connectivity index (χ1n) is 8.30. The Bertz CT molecular complexity index is 881. The third-order valence-corrected chi connectivity index (χ3v) is 3.60. The van der Waals surface area contributed by atoms with Crippen LogP contribution in [0.1, 0.15) is 26.3 Å². The standard InChI is InChI=1S/C20H21N3O4/c1-20(2,3)19(25)22-16-6-4-5-15(13-16)21-18(24)12-9-14-7-10-17(11-8-14)23(26)27/h4-13H,1-3H3,(H,21,24)(H,22,25)/b12-9+. The summed E-state index contributed by atoms with van der Waals surface area (Å²) in [6.45, 7) is 5.45. The Balaban J connectivity index is 2.00. The first kappa shape index (κ1) is 19.8. The lowest BCUT2D eigenvalue weighted by molar-refractivity contribution is -0.384. The van der Waals surface area contributed by atoms with Crippen LogP contribution in [0.2, 0.25) is 0 Å². The van der Waals surface area contributed by atoms with Gasteiger partial charge < -0.3 is 10.6 Å². The maximum atomic E-state index is 12.1. The number of hydrogen-bond donors (Lipinski definition) is 2. The summed E-state index contributed by atoms with van der Waals surface area (Å²) in [6.07, 6.45) is 2.89. The number of nitro benzene ring substituents is 1. The molecule has 2 aromatic rings. The van der Waals surface area contributed by atoms with Gasteiger partial charge in [0.2, 0.25) is 11.8 Å². The van der Waals surface area contributed by atoms with Crippen LogP contribution in [-0.2, 0) is 9.59 Å². The number of nitrogens with zero attached hydrogens (tertiary/aromatic N) is 1. The maximum absolute atomic E-state index is 12.1. The Labute approximate surface area is 157 Å². The van der Waals surface area contributed by atoms with Gasteiger partial charge in [-0.05, 0) is 42.0 Å². The minimum Gasteiger partial charge on any atom is -0.326 e. The third kappa shape index (κ3) is 6.07. The second kappa shape index (κ2) is 8.27. The van der Waals surface area contributed by atoms with Crippen LogP contribution in [0, 0.1) is 15.5 Å². The Morgan fingerprint density at radius 3 is 2.15 bits per heavy atom. The average molecular weight is 367 g/mol. The topological polar surface area (TPSA) is 101 Å². The molecule has 0 heterocycles. The van der Waals surface area contributed by atoms with Gasteiger partial charge in [-0.2, -0.15) is 0 Å². The second-order valence-electron chi connectivity index (χ2n) is 6.96. The fourth-order valence-electron chi connectivity index (χ4n) is 2.06. The van der Waals surface area contributed by atoms with Gasteiger partial charge in [-0.1, -0.05) is 26.8 Å². The summed E-state index contributed by atoms with van der Waals surface area (Å²) in [4.78, 5) is 34.2. The van der Waals surface area contributed by atoms with Crippen molar-refractivity contribution in [2.75, 3.05) is 10.6 Å². The molecule has 0 aliphatic rings. The zero-order chi connectivity index (χ0) is 20.0. The van der Waals surface area contributed by atoms with Crippen LogP contribution in [0.25, 0.3) is 6.08 Å². The van der Waals surface area contributed by atoms with E-state index in [1.807, 2.05) is 20.8 Å². The maximum Gasteiger partial charge on any atom is 0.269 e. The van der Waals surface area contributed by atoms with Crippen LogP contribution >= 0.6 is 0 Å². The average Bonchev–Trinajstić information content (AvgIpc) is 2.60. The van der Waals surface area contributed by atoms with E-state index in [2.05, 4.69) is 10.6 Å². The molecule has 0 saturated carbocycles.